The van der Waals surface area contributed by atoms with Gasteiger partial charge in [0.25, 0.3) is 0 Å². The van der Waals surface area contributed by atoms with Gasteiger partial charge in [-0.25, -0.2) is 4.98 Å². The maximum atomic E-state index is 11.6. The van der Waals surface area contributed by atoms with Crippen molar-refractivity contribution in [1.82, 2.24) is 10.3 Å². The number of benzene rings is 1. The number of carbonyl (C=O) groups excluding carboxylic acids is 1. The highest BCUT2D eigenvalue weighted by Gasteiger charge is 2.08. The van der Waals surface area contributed by atoms with Crippen LogP contribution < -0.4 is 5.32 Å². The third-order valence-corrected chi connectivity index (χ3v) is 3.84. The van der Waals surface area contributed by atoms with Crippen LogP contribution in [-0.4, -0.2) is 17.4 Å². The highest BCUT2D eigenvalue weighted by atomic mass is 79.9. The smallest absolute Gasteiger partial charge is 0.226 e. The van der Waals surface area contributed by atoms with E-state index in [0.717, 1.165) is 20.7 Å². The van der Waals surface area contributed by atoms with Crippen molar-refractivity contribution in [3.8, 4) is 10.6 Å². The summed E-state index contributed by atoms with van der Waals surface area (Å²) < 4.78 is 1.02. The van der Waals surface area contributed by atoms with Gasteiger partial charge in [0.15, 0.2) is 0 Å². The maximum absolute atomic E-state index is 11.6. The lowest BCUT2D eigenvalue weighted by Gasteiger charge is -1.99. The largest absolute Gasteiger partial charge is 0.352 e. The van der Waals surface area contributed by atoms with Crippen molar-refractivity contribution in [3.05, 3.63) is 52.5 Å². The van der Waals surface area contributed by atoms with Crippen LogP contribution in [0.1, 0.15) is 5.69 Å². The molecule has 1 aromatic heterocycles. The minimum Gasteiger partial charge on any atom is -0.352 e. The van der Waals surface area contributed by atoms with Crippen LogP contribution >= 0.6 is 27.3 Å². The molecule has 1 N–H and O–H groups in total. The summed E-state index contributed by atoms with van der Waals surface area (Å²) in [7, 11) is 0. The second-order valence-electron chi connectivity index (χ2n) is 3.92. The van der Waals surface area contributed by atoms with Crippen LogP contribution in [0.4, 0.5) is 0 Å². The number of nitrogens with zero attached hydrogens (tertiary/aromatic N) is 1. The molecular weight excluding hydrogens is 324 g/mol. The molecule has 0 aliphatic heterocycles. The van der Waals surface area contributed by atoms with Gasteiger partial charge < -0.3 is 5.32 Å². The third-order valence-electron chi connectivity index (χ3n) is 2.41. The van der Waals surface area contributed by atoms with Gasteiger partial charge in [-0.2, -0.15) is 0 Å². The third kappa shape index (κ3) is 4.01. The topological polar surface area (TPSA) is 42.0 Å². The average molecular weight is 337 g/mol. The maximum Gasteiger partial charge on any atom is 0.226 e. The summed E-state index contributed by atoms with van der Waals surface area (Å²) in [6.45, 7) is 4.05. The first-order valence-corrected chi connectivity index (χ1v) is 7.44. The molecule has 2 rings (SSSR count). The lowest BCUT2D eigenvalue weighted by Crippen LogP contribution is -2.25. The predicted molar refractivity (Wildman–Crippen MR) is 82.2 cm³/mol. The molecule has 0 saturated carbocycles. The molecule has 0 bridgehead atoms. The van der Waals surface area contributed by atoms with Gasteiger partial charge in [-0.05, 0) is 12.1 Å². The van der Waals surface area contributed by atoms with Crippen LogP contribution in [0.2, 0.25) is 0 Å². The molecule has 98 valence electrons. The molecule has 0 fully saturated rings. The minimum absolute atomic E-state index is 0.0361. The zero-order valence-electron chi connectivity index (χ0n) is 10.2. The molecule has 0 unspecified atom stereocenters. The van der Waals surface area contributed by atoms with Gasteiger partial charge in [-0.15, -0.1) is 17.9 Å². The minimum atomic E-state index is -0.0361. The van der Waals surface area contributed by atoms with Crippen molar-refractivity contribution in [1.29, 1.82) is 0 Å². The zero-order chi connectivity index (χ0) is 13.7. The Bertz CT molecular complexity index is 595. The van der Waals surface area contributed by atoms with Gasteiger partial charge in [0.05, 0.1) is 12.1 Å². The molecule has 0 aliphatic carbocycles. The number of thiazole rings is 1. The highest BCUT2D eigenvalue weighted by Crippen LogP contribution is 2.26. The Labute approximate surface area is 124 Å². The van der Waals surface area contributed by atoms with Crippen molar-refractivity contribution < 1.29 is 4.79 Å². The van der Waals surface area contributed by atoms with Gasteiger partial charge >= 0.3 is 0 Å². The van der Waals surface area contributed by atoms with E-state index >= 15 is 0 Å². The molecule has 0 radical (unpaired) electrons. The van der Waals surface area contributed by atoms with Crippen LogP contribution in [-0.2, 0) is 11.2 Å². The Morgan fingerprint density at radius 1 is 1.53 bits per heavy atom. The highest BCUT2D eigenvalue weighted by molar-refractivity contribution is 9.10. The Hall–Kier alpha value is -1.46. The molecule has 1 amide bonds. The number of amides is 1. The summed E-state index contributed by atoms with van der Waals surface area (Å²) in [5.74, 6) is -0.0361. The zero-order valence-corrected chi connectivity index (χ0v) is 12.6. The Kier molecular flexibility index (Phi) is 4.87. The molecule has 1 heterocycles. The van der Waals surface area contributed by atoms with E-state index in [2.05, 4.69) is 32.8 Å². The standard InChI is InChI=1S/C14H13BrN2OS/c1-2-6-16-13(18)8-12-9-19-14(17-12)10-4-3-5-11(15)7-10/h2-5,7,9H,1,6,8H2,(H,16,18). The van der Waals surface area contributed by atoms with Crippen LogP contribution in [0.25, 0.3) is 10.6 Å². The van der Waals surface area contributed by atoms with E-state index in [-0.39, 0.29) is 5.91 Å². The molecule has 0 saturated heterocycles. The lowest BCUT2D eigenvalue weighted by atomic mass is 10.2. The fourth-order valence-corrected chi connectivity index (χ4v) is 2.77. The average Bonchev–Trinajstić information content (AvgIpc) is 2.85. The monoisotopic (exact) mass is 336 g/mol. The molecule has 0 spiro atoms. The molecule has 5 heteroatoms. The molecule has 2 aromatic rings. The fourth-order valence-electron chi connectivity index (χ4n) is 1.56. The first-order valence-electron chi connectivity index (χ1n) is 5.77. The van der Waals surface area contributed by atoms with E-state index in [9.17, 15) is 4.79 Å². The van der Waals surface area contributed by atoms with E-state index in [1.165, 1.54) is 0 Å². The van der Waals surface area contributed by atoms with Crippen LogP contribution in [0.5, 0.6) is 0 Å². The predicted octanol–water partition coefficient (Wildman–Crippen LogP) is 3.42. The second kappa shape index (κ2) is 6.63. The van der Waals surface area contributed by atoms with Crippen molar-refractivity contribution in [3.63, 3.8) is 0 Å². The van der Waals surface area contributed by atoms with E-state index < -0.39 is 0 Å². The first-order chi connectivity index (χ1) is 9.19. The van der Waals surface area contributed by atoms with E-state index in [1.54, 1.807) is 17.4 Å². The number of carbonyl (C=O) groups is 1. The quantitative estimate of drug-likeness (QED) is 0.850. The molecule has 1 aromatic carbocycles. The van der Waals surface area contributed by atoms with Crippen LogP contribution in [0, 0.1) is 0 Å². The van der Waals surface area contributed by atoms with Gasteiger partial charge in [0, 0.05) is 22.0 Å². The number of rotatable bonds is 5. The Morgan fingerprint density at radius 2 is 2.37 bits per heavy atom. The van der Waals surface area contributed by atoms with Gasteiger partial charge in [0.1, 0.15) is 5.01 Å². The Morgan fingerprint density at radius 3 is 3.11 bits per heavy atom. The number of hydrogen-bond acceptors (Lipinski definition) is 3. The Balaban J connectivity index is 2.07. The van der Waals surface area contributed by atoms with E-state index in [0.29, 0.717) is 13.0 Å². The molecule has 0 atom stereocenters. The number of halogens is 1. The van der Waals surface area contributed by atoms with Crippen molar-refractivity contribution in [2.24, 2.45) is 0 Å². The SMILES string of the molecule is C=CCNC(=O)Cc1csc(-c2cccc(Br)c2)n1. The van der Waals surface area contributed by atoms with Gasteiger partial charge in [0.2, 0.25) is 5.91 Å². The summed E-state index contributed by atoms with van der Waals surface area (Å²) in [4.78, 5) is 16.1. The van der Waals surface area contributed by atoms with Crippen LogP contribution in [0.3, 0.4) is 0 Å². The summed E-state index contributed by atoms with van der Waals surface area (Å²) >= 11 is 4.98. The van der Waals surface area contributed by atoms with E-state index in [1.807, 2.05) is 29.6 Å². The molecule has 0 aliphatic rings. The van der Waals surface area contributed by atoms with Gasteiger partial charge in [-0.1, -0.05) is 34.1 Å². The molecule has 19 heavy (non-hydrogen) atoms. The van der Waals surface area contributed by atoms with Crippen molar-refractivity contribution >= 4 is 33.2 Å². The normalized spacial score (nSPS) is 10.2. The summed E-state index contributed by atoms with van der Waals surface area (Å²) in [5, 5.41) is 5.58. The number of aromatic nitrogens is 1. The van der Waals surface area contributed by atoms with Crippen molar-refractivity contribution in [2.45, 2.75) is 6.42 Å². The summed E-state index contributed by atoms with van der Waals surface area (Å²) in [6, 6.07) is 7.96. The van der Waals surface area contributed by atoms with Crippen molar-refractivity contribution in [2.75, 3.05) is 6.54 Å². The van der Waals surface area contributed by atoms with Gasteiger partial charge in [-0.3, -0.25) is 4.79 Å². The molecule has 3 nitrogen and oxygen atoms in total. The number of hydrogen-bond donors (Lipinski definition) is 1. The lowest BCUT2D eigenvalue weighted by molar-refractivity contribution is -0.120. The summed E-state index contributed by atoms with van der Waals surface area (Å²) in [6.07, 6.45) is 1.96. The fraction of sp³-hybridized carbons (Fsp3) is 0.143. The second-order valence-corrected chi connectivity index (χ2v) is 5.70. The molecular formula is C14H13BrN2OS. The van der Waals surface area contributed by atoms with E-state index in [4.69, 9.17) is 0 Å². The number of nitrogens with one attached hydrogen (secondary N) is 1. The van der Waals surface area contributed by atoms with Crippen LogP contribution in [0.15, 0.2) is 46.8 Å². The summed E-state index contributed by atoms with van der Waals surface area (Å²) in [5.41, 5.74) is 1.85. The first kappa shape index (κ1) is 14.0.